The number of aromatic hydroxyl groups is 2. The van der Waals surface area contributed by atoms with Crippen LogP contribution in [0.5, 0.6) is 17.2 Å². The number of carbonyl (C=O) groups is 1. The highest BCUT2D eigenvalue weighted by atomic mass is 16.5. The molecule has 21 heavy (non-hydrogen) atoms. The van der Waals surface area contributed by atoms with Gasteiger partial charge >= 0.3 is 0 Å². The minimum absolute atomic E-state index is 0.260. The second-order valence-electron chi connectivity index (χ2n) is 4.53. The van der Waals surface area contributed by atoms with Crippen molar-refractivity contribution in [1.82, 2.24) is 0 Å². The Bertz CT molecular complexity index is 623. The van der Waals surface area contributed by atoms with Crippen molar-refractivity contribution in [2.75, 3.05) is 11.9 Å². The monoisotopic (exact) mass is 287 g/mol. The lowest BCUT2D eigenvalue weighted by atomic mass is 10.2. The van der Waals surface area contributed by atoms with Gasteiger partial charge in [0, 0.05) is 11.3 Å². The first kappa shape index (κ1) is 14.7. The fraction of sp³-hybridized carbons (Fsp3) is 0.188. The largest absolute Gasteiger partial charge is 0.504 e. The molecule has 5 nitrogen and oxygen atoms in total. The number of benzene rings is 2. The van der Waals surface area contributed by atoms with E-state index in [0.717, 1.165) is 12.2 Å². The quantitative estimate of drug-likeness (QED) is 0.738. The van der Waals surface area contributed by atoms with Crippen molar-refractivity contribution >= 4 is 11.6 Å². The molecule has 0 fully saturated rings. The van der Waals surface area contributed by atoms with E-state index in [1.54, 1.807) is 24.3 Å². The van der Waals surface area contributed by atoms with E-state index in [-0.39, 0.29) is 23.0 Å². The molecule has 110 valence electrons. The maximum atomic E-state index is 12.0. The Labute approximate surface area is 122 Å². The minimum atomic E-state index is -0.368. The Morgan fingerprint density at radius 1 is 1.10 bits per heavy atom. The number of ether oxygens (including phenoxy) is 1. The van der Waals surface area contributed by atoms with Gasteiger partial charge in [-0.05, 0) is 48.9 Å². The van der Waals surface area contributed by atoms with Gasteiger partial charge in [0.05, 0.1) is 6.61 Å². The van der Waals surface area contributed by atoms with E-state index >= 15 is 0 Å². The average Bonchev–Trinajstić information content (AvgIpc) is 2.49. The molecule has 0 saturated heterocycles. The van der Waals surface area contributed by atoms with Gasteiger partial charge in [0.25, 0.3) is 5.91 Å². The van der Waals surface area contributed by atoms with Gasteiger partial charge in [-0.3, -0.25) is 4.79 Å². The van der Waals surface area contributed by atoms with Crippen LogP contribution in [0.2, 0.25) is 0 Å². The standard InChI is InChI=1S/C16H17NO4/c1-2-9-21-13-6-4-12(5-7-13)17-16(20)11-3-8-14(18)15(19)10-11/h3-8,10,18-19H,2,9H2,1H3,(H,17,20). The second-order valence-corrected chi connectivity index (χ2v) is 4.53. The van der Waals surface area contributed by atoms with E-state index in [1.807, 2.05) is 6.92 Å². The lowest BCUT2D eigenvalue weighted by molar-refractivity contribution is 0.102. The average molecular weight is 287 g/mol. The van der Waals surface area contributed by atoms with Crippen LogP contribution < -0.4 is 10.1 Å². The fourth-order valence-corrected chi connectivity index (χ4v) is 1.72. The molecule has 0 aliphatic rings. The fourth-order valence-electron chi connectivity index (χ4n) is 1.72. The molecule has 0 radical (unpaired) electrons. The molecule has 0 spiro atoms. The summed E-state index contributed by atoms with van der Waals surface area (Å²) in [6.45, 7) is 2.68. The van der Waals surface area contributed by atoms with Crippen molar-refractivity contribution in [2.24, 2.45) is 0 Å². The van der Waals surface area contributed by atoms with Crippen LogP contribution in [0.25, 0.3) is 0 Å². The predicted molar refractivity (Wildman–Crippen MR) is 80.0 cm³/mol. The first-order valence-electron chi connectivity index (χ1n) is 6.66. The predicted octanol–water partition coefficient (Wildman–Crippen LogP) is 3.14. The molecule has 5 heteroatoms. The molecule has 0 unspecified atom stereocenters. The Balaban J connectivity index is 2.03. The van der Waals surface area contributed by atoms with Crippen molar-refractivity contribution in [1.29, 1.82) is 0 Å². The molecule has 1 amide bonds. The van der Waals surface area contributed by atoms with E-state index in [2.05, 4.69) is 5.32 Å². The minimum Gasteiger partial charge on any atom is -0.504 e. The van der Waals surface area contributed by atoms with Crippen LogP contribution >= 0.6 is 0 Å². The molecular weight excluding hydrogens is 270 g/mol. The first-order chi connectivity index (χ1) is 10.1. The summed E-state index contributed by atoms with van der Waals surface area (Å²) in [6, 6.07) is 10.9. The topological polar surface area (TPSA) is 78.8 Å². The van der Waals surface area contributed by atoms with Crippen LogP contribution in [0.15, 0.2) is 42.5 Å². The zero-order chi connectivity index (χ0) is 15.2. The van der Waals surface area contributed by atoms with E-state index in [0.29, 0.717) is 12.3 Å². The van der Waals surface area contributed by atoms with E-state index < -0.39 is 0 Å². The molecule has 2 aromatic carbocycles. The lowest BCUT2D eigenvalue weighted by Gasteiger charge is -2.08. The van der Waals surface area contributed by atoms with Crippen LogP contribution in [0.1, 0.15) is 23.7 Å². The summed E-state index contributed by atoms with van der Waals surface area (Å²) in [7, 11) is 0. The SMILES string of the molecule is CCCOc1ccc(NC(=O)c2ccc(O)c(O)c2)cc1. The number of rotatable bonds is 5. The molecular formula is C16H17NO4. The number of phenolic OH excluding ortho intramolecular Hbond substituents is 2. The summed E-state index contributed by atoms with van der Waals surface area (Å²) in [6.07, 6.45) is 0.933. The molecule has 0 heterocycles. The van der Waals surface area contributed by atoms with E-state index in [9.17, 15) is 15.0 Å². The third-order valence-electron chi connectivity index (χ3n) is 2.82. The number of hydrogen-bond donors (Lipinski definition) is 3. The highest BCUT2D eigenvalue weighted by Gasteiger charge is 2.09. The smallest absolute Gasteiger partial charge is 0.255 e. The molecule has 0 aliphatic carbocycles. The van der Waals surface area contributed by atoms with Gasteiger partial charge in [0.1, 0.15) is 5.75 Å². The molecule has 3 N–H and O–H groups in total. The zero-order valence-electron chi connectivity index (χ0n) is 11.7. The van der Waals surface area contributed by atoms with Gasteiger partial charge in [0.15, 0.2) is 11.5 Å². The lowest BCUT2D eigenvalue weighted by Crippen LogP contribution is -2.11. The number of carbonyl (C=O) groups excluding carboxylic acids is 1. The summed E-state index contributed by atoms with van der Waals surface area (Å²) in [5.74, 6) is -0.209. The van der Waals surface area contributed by atoms with Gasteiger partial charge in [0.2, 0.25) is 0 Å². The molecule has 0 bridgehead atoms. The third-order valence-corrected chi connectivity index (χ3v) is 2.82. The number of anilines is 1. The van der Waals surface area contributed by atoms with Crippen LogP contribution in [0, 0.1) is 0 Å². The van der Waals surface area contributed by atoms with Gasteiger partial charge in [-0.2, -0.15) is 0 Å². The number of phenols is 2. The normalized spacial score (nSPS) is 10.1. The van der Waals surface area contributed by atoms with Crippen LogP contribution in [0.4, 0.5) is 5.69 Å². The third kappa shape index (κ3) is 3.89. The maximum absolute atomic E-state index is 12.0. The maximum Gasteiger partial charge on any atom is 0.255 e. The second kappa shape index (κ2) is 6.65. The Kier molecular flexibility index (Phi) is 4.66. The molecule has 2 rings (SSSR count). The summed E-state index contributed by atoms with van der Waals surface area (Å²) < 4.78 is 5.46. The van der Waals surface area contributed by atoms with Crippen molar-refractivity contribution in [3.05, 3.63) is 48.0 Å². The molecule has 0 saturated carbocycles. The Morgan fingerprint density at radius 3 is 2.43 bits per heavy atom. The van der Waals surface area contributed by atoms with Gasteiger partial charge in [-0.15, -0.1) is 0 Å². The molecule has 2 aromatic rings. The van der Waals surface area contributed by atoms with Crippen LogP contribution in [-0.4, -0.2) is 22.7 Å². The summed E-state index contributed by atoms with van der Waals surface area (Å²) in [5, 5.41) is 21.3. The highest BCUT2D eigenvalue weighted by Crippen LogP contribution is 2.25. The summed E-state index contributed by atoms with van der Waals surface area (Å²) in [5.41, 5.74) is 0.882. The molecule has 0 aromatic heterocycles. The van der Waals surface area contributed by atoms with Crippen molar-refractivity contribution in [3.8, 4) is 17.2 Å². The van der Waals surface area contributed by atoms with Crippen molar-refractivity contribution in [3.63, 3.8) is 0 Å². The molecule has 0 atom stereocenters. The van der Waals surface area contributed by atoms with Crippen molar-refractivity contribution < 1.29 is 19.7 Å². The van der Waals surface area contributed by atoms with Crippen LogP contribution in [0.3, 0.4) is 0 Å². The van der Waals surface area contributed by atoms with Gasteiger partial charge < -0.3 is 20.3 Å². The zero-order valence-corrected chi connectivity index (χ0v) is 11.7. The summed E-state index contributed by atoms with van der Waals surface area (Å²) in [4.78, 5) is 12.0. The first-order valence-corrected chi connectivity index (χ1v) is 6.66. The van der Waals surface area contributed by atoms with Crippen molar-refractivity contribution in [2.45, 2.75) is 13.3 Å². The van der Waals surface area contributed by atoms with Gasteiger partial charge in [-0.1, -0.05) is 6.92 Å². The molecule has 0 aliphatic heterocycles. The Hall–Kier alpha value is -2.69. The Morgan fingerprint density at radius 2 is 1.81 bits per heavy atom. The van der Waals surface area contributed by atoms with Crippen LogP contribution in [-0.2, 0) is 0 Å². The van der Waals surface area contributed by atoms with Gasteiger partial charge in [-0.25, -0.2) is 0 Å². The number of hydrogen-bond acceptors (Lipinski definition) is 4. The number of nitrogens with one attached hydrogen (secondary N) is 1. The van der Waals surface area contributed by atoms with E-state index in [4.69, 9.17) is 4.74 Å². The summed E-state index contributed by atoms with van der Waals surface area (Å²) >= 11 is 0. The van der Waals surface area contributed by atoms with E-state index in [1.165, 1.54) is 18.2 Å². The number of amides is 1. The highest BCUT2D eigenvalue weighted by molar-refractivity contribution is 6.04.